The second-order valence-corrected chi connectivity index (χ2v) is 11.7. The van der Waals surface area contributed by atoms with E-state index in [4.69, 9.17) is 9.47 Å². The van der Waals surface area contributed by atoms with Crippen LogP contribution in [-0.4, -0.2) is 64.9 Å². The first-order valence-corrected chi connectivity index (χ1v) is 13.1. The Kier molecular flexibility index (Phi) is 6.61. The van der Waals surface area contributed by atoms with Gasteiger partial charge in [-0.3, -0.25) is 9.59 Å². The highest BCUT2D eigenvalue weighted by Gasteiger charge is 2.55. The second-order valence-electron chi connectivity index (χ2n) is 11.7. The molecule has 196 valence electrons. The summed E-state index contributed by atoms with van der Waals surface area (Å²) in [7, 11) is 0. The van der Waals surface area contributed by atoms with Crippen LogP contribution in [0.4, 0.5) is 4.79 Å². The summed E-state index contributed by atoms with van der Waals surface area (Å²) in [6.45, 7) is 7.14. The lowest BCUT2D eigenvalue weighted by Crippen LogP contribution is -2.55. The van der Waals surface area contributed by atoms with Gasteiger partial charge >= 0.3 is 6.09 Å². The topological polar surface area (TPSA) is 117 Å². The number of fused-ring (bicyclic) bond motifs is 2. The van der Waals surface area contributed by atoms with Gasteiger partial charge in [0.1, 0.15) is 17.4 Å². The number of nitrogens with one attached hydrogen (secondary N) is 2. The molecule has 2 saturated carbocycles. The first kappa shape index (κ1) is 24.9. The van der Waals surface area contributed by atoms with Crippen LogP contribution in [0.1, 0.15) is 57.6 Å². The highest BCUT2D eigenvalue weighted by Crippen LogP contribution is 2.44. The number of amides is 3. The molecule has 6 atom stereocenters. The molecule has 9 heteroatoms. The number of hydrogen-bond acceptors (Lipinski definition) is 6. The van der Waals surface area contributed by atoms with Crippen molar-refractivity contribution in [3.05, 3.63) is 29.3 Å². The van der Waals surface area contributed by atoms with Crippen molar-refractivity contribution in [1.82, 2.24) is 15.5 Å². The van der Waals surface area contributed by atoms with Crippen LogP contribution in [0.15, 0.2) is 18.2 Å². The first-order chi connectivity index (χ1) is 17.1. The summed E-state index contributed by atoms with van der Waals surface area (Å²) in [6, 6.07) is 4.48. The van der Waals surface area contributed by atoms with Crippen molar-refractivity contribution in [2.24, 2.45) is 17.8 Å². The van der Waals surface area contributed by atoms with E-state index in [2.05, 4.69) is 10.6 Å². The normalized spacial score (nSPS) is 31.1. The lowest BCUT2D eigenvalue weighted by atomic mass is 9.83. The summed E-state index contributed by atoms with van der Waals surface area (Å²) >= 11 is 0. The van der Waals surface area contributed by atoms with Crippen LogP contribution >= 0.6 is 0 Å². The van der Waals surface area contributed by atoms with Crippen LogP contribution in [0.25, 0.3) is 0 Å². The Labute approximate surface area is 211 Å². The van der Waals surface area contributed by atoms with Gasteiger partial charge in [0.15, 0.2) is 0 Å². The Balaban J connectivity index is 1.29. The van der Waals surface area contributed by atoms with Crippen molar-refractivity contribution in [3.8, 4) is 5.75 Å². The molecule has 4 unspecified atom stereocenters. The van der Waals surface area contributed by atoms with Gasteiger partial charge in [-0.2, -0.15) is 0 Å². The minimum atomic E-state index is -0.631. The molecule has 2 aliphatic carbocycles. The molecule has 3 amide bonds. The van der Waals surface area contributed by atoms with Crippen molar-refractivity contribution >= 4 is 17.9 Å². The van der Waals surface area contributed by atoms with Crippen LogP contribution in [-0.2, 0) is 32.0 Å². The highest BCUT2D eigenvalue weighted by molar-refractivity contribution is 5.90. The number of hydrogen-bond donors (Lipinski definition) is 3. The number of carbonyl (C=O) groups excluding carboxylic acids is 3. The summed E-state index contributed by atoms with van der Waals surface area (Å²) in [6.07, 6.45) is 2.76. The fraction of sp³-hybridized carbons (Fsp3) is 0.667. The summed E-state index contributed by atoms with van der Waals surface area (Å²) in [5, 5.41) is 16.1. The van der Waals surface area contributed by atoms with Gasteiger partial charge in [-0.15, -0.1) is 0 Å². The number of aromatic hydroxyl groups is 1. The molecular formula is C27H37N3O6. The predicted octanol–water partition coefficient (Wildman–Crippen LogP) is 2.49. The third kappa shape index (κ3) is 5.31. The summed E-state index contributed by atoms with van der Waals surface area (Å²) in [4.78, 5) is 41.3. The Bertz CT molecular complexity index is 1030. The lowest BCUT2D eigenvalue weighted by Gasteiger charge is -2.40. The Morgan fingerprint density at radius 1 is 1.08 bits per heavy atom. The monoisotopic (exact) mass is 499 g/mol. The molecule has 0 spiro atoms. The Hall–Kier alpha value is -2.81. The van der Waals surface area contributed by atoms with Crippen molar-refractivity contribution in [3.63, 3.8) is 0 Å². The molecular weight excluding hydrogens is 462 g/mol. The number of rotatable bonds is 4. The lowest BCUT2D eigenvalue weighted by molar-refractivity contribution is -0.146. The van der Waals surface area contributed by atoms with E-state index in [0.29, 0.717) is 44.4 Å². The molecule has 0 radical (unpaired) electrons. The van der Waals surface area contributed by atoms with E-state index >= 15 is 0 Å². The minimum absolute atomic E-state index is 0.0520. The van der Waals surface area contributed by atoms with Gasteiger partial charge in [-0.25, -0.2) is 4.79 Å². The number of phenolic OH excluding ortho intramolecular Hbond substituents is 1. The fourth-order valence-corrected chi connectivity index (χ4v) is 6.00. The molecule has 2 heterocycles. The van der Waals surface area contributed by atoms with Gasteiger partial charge in [0.05, 0.1) is 13.2 Å². The number of ether oxygens (including phenoxy) is 2. The Morgan fingerprint density at radius 3 is 2.56 bits per heavy atom. The average molecular weight is 500 g/mol. The first-order valence-electron chi connectivity index (χ1n) is 13.1. The summed E-state index contributed by atoms with van der Waals surface area (Å²) < 4.78 is 10.8. The molecule has 0 bridgehead atoms. The zero-order chi connectivity index (χ0) is 25.6. The highest BCUT2D eigenvalue weighted by atomic mass is 16.6. The number of carbonyl (C=O) groups is 3. The third-order valence-corrected chi connectivity index (χ3v) is 7.91. The van der Waals surface area contributed by atoms with Crippen molar-refractivity contribution in [1.29, 1.82) is 0 Å². The zero-order valence-corrected chi connectivity index (χ0v) is 21.3. The van der Waals surface area contributed by atoms with Gasteiger partial charge in [-0.05, 0) is 63.3 Å². The standard InChI is InChI=1S/C27H37N3O6/c1-27(2,3)36-26(34)28-18-6-4-5-15(9-18)25(33)30-12-16-7-8-19(31)10-17(16)11-22(30)24(32)29-23-20-13-35-14-21(20)23/h7-8,10,15,18,20-23,31H,4-6,9,11-14H2,1-3H3,(H,28,34)(H,29,32)/t15?,18?,20-,21+,22?,23?. The molecule has 1 saturated heterocycles. The van der Waals surface area contributed by atoms with Crippen LogP contribution in [0, 0.1) is 17.8 Å². The SMILES string of the molecule is CC(C)(C)OC(=O)NC1CCCC(C(=O)N2Cc3ccc(O)cc3CC2C(=O)NC2[C@H]3COC[C@@H]23)C1. The molecule has 1 aromatic rings. The van der Waals surface area contributed by atoms with E-state index in [1.54, 1.807) is 17.0 Å². The molecule has 9 nitrogen and oxygen atoms in total. The van der Waals surface area contributed by atoms with E-state index in [9.17, 15) is 19.5 Å². The average Bonchev–Trinajstić information content (AvgIpc) is 3.21. The predicted molar refractivity (Wildman–Crippen MR) is 131 cm³/mol. The van der Waals surface area contributed by atoms with Gasteiger partial charge in [0.2, 0.25) is 11.8 Å². The van der Waals surface area contributed by atoms with E-state index in [0.717, 1.165) is 30.4 Å². The van der Waals surface area contributed by atoms with Gasteiger partial charge in [0.25, 0.3) is 0 Å². The maximum absolute atomic E-state index is 13.8. The van der Waals surface area contributed by atoms with Gasteiger partial charge < -0.3 is 30.1 Å². The molecule has 36 heavy (non-hydrogen) atoms. The summed E-state index contributed by atoms with van der Waals surface area (Å²) in [5.41, 5.74) is 1.25. The third-order valence-electron chi connectivity index (χ3n) is 7.91. The quantitative estimate of drug-likeness (QED) is 0.586. The van der Waals surface area contributed by atoms with Crippen molar-refractivity contribution in [2.45, 2.75) is 83.1 Å². The van der Waals surface area contributed by atoms with E-state index in [1.165, 1.54) is 0 Å². The molecule has 4 aliphatic rings. The number of phenols is 1. The second kappa shape index (κ2) is 9.57. The molecule has 3 fully saturated rings. The molecule has 5 rings (SSSR count). The van der Waals surface area contributed by atoms with Crippen molar-refractivity contribution in [2.75, 3.05) is 13.2 Å². The molecule has 2 aliphatic heterocycles. The fourth-order valence-electron chi connectivity index (χ4n) is 6.00. The van der Waals surface area contributed by atoms with E-state index in [-0.39, 0.29) is 35.6 Å². The number of benzene rings is 1. The minimum Gasteiger partial charge on any atom is -0.508 e. The van der Waals surface area contributed by atoms with Crippen LogP contribution in [0.3, 0.4) is 0 Å². The van der Waals surface area contributed by atoms with Gasteiger partial charge in [0, 0.05) is 42.8 Å². The molecule has 3 N–H and O–H groups in total. The summed E-state index contributed by atoms with van der Waals surface area (Å²) in [5.74, 6) is 0.429. The van der Waals surface area contributed by atoms with E-state index < -0.39 is 17.7 Å². The molecule has 1 aromatic carbocycles. The zero-order valence-electron chi connectivity index (χ0n) is 21.3. The number of alkyl carbamates (subject to hydrolysis) is 1. The Morgan fingerprint density at radius 2 is 1.83 bits per heavy atom. The number of nitrogens with zero attached hydrogens (tertiary/aromatic N) is 1. The van der Waals surface area contributed by atoms with Crippen LogP contribution in [0.2, 0.25) is 0 Å². The largest absolute Gasteiger partial charge is 0.508 e. The van der Waals surface area contributed by atoms with Gasteiger partial charge in [-0.1, -0.05) is 12.5 Å². The molecule has 0 aromatic heterocycles. The van der Waals surface area contributed by atoms with Crippen LogP contribution in [0.5, 0.6) is 5.75 Å². The van der Waals surface area contributed by atoms with E-state index in [1.807, 2.05) is 26.8 Å². The smallest absolute Gasteiger partial charge is 0.407 e. The maximum atomic E-state index is 13.8. The maximum Gasteiger partial charge on any atom is 0.407 e. The van der Waals surface area contributed by atoms with Crippen molar-refractivity contribution < 1.29 is 29.0 Å². The van der Waals surface area contributed by atoms with Crippen LogP contribution < -0.4 is 10.6 Å².